The number of allylic oxidation sites excluding steroid dienone is 2. The fraction of sp³-hybridized carbons (Fsp3) is 0.304. The first kappa shape index (κ1) is 20.0. The third-order valence-corrected chi connectivity index (χ3v) is 6.73. The summed E-state index contributed by atoms with van der Waals surface area (Å²) in [4.78, 5) is 10.9. The molecular formula is C23H26N2S2. The summed E-state index contributed by atoms with van der Waals surface area (Å²) in [7, 11) is 0. The summed E-state index contributed by atoms with van der Waals surface area (Å²) in [6.45, 7) is 10.7. The van der Waals surface area contributed by atoms with Gasteiger partial charge in [0.1, 0.15) is 10.1 Å². The Balaban J connectivity index is 1.94. The van der Waals surface area contributed by atoms with E-state index in [4.69, 9.17) is 4.99 Å². The molecule has 2 aromatic rings. The lowest BCUT2D eigenvalue weighted by atomic mass is 10.1. The summed E-state index contributed by atoms with van der Waals surface area (Å²) in [5.74, 6) is 0. The second kappa shape index (κ2) is 8.94. The normalized spacial score (nSPS) is 17.6. The smallest absolute Gasteiger partial charge is 0.105 e. The zero-order valence-electron chi connectivity index (χ0n) is 16.7. The molecule has 140 valence electrons. The molecule has 0 atom stereocenters. The van der Waals surface area contributed by atoms with Gasteiger partial charge in [0.05, 0.1) is 5.69 Å². The van der Waals surface area contributed by atoms with Gasteiger partial charge in [-0.1, -0.05) is 46.8 Å². The van der Waals surface area contributed by atoms with Crippen LogP contribution in [0.2, 0.25) is 0 Å². The van der Waals surface area contributed by atoms with Crippen LogP contribution in [0.5, 0.6) is 0 Å². The van der Waals surface area contributed by atoms with Crippen LogP contribution in [0.15, 0.2) is 68.0 Å². The number of hydrogen-bond acceptors (Lipinski definition) is 4. The van der Waals surface area contributed by atoms with Crippen molar-refractivity contribution in [3.8, 4) is 0 Å². The predicted octanol–water partition coefficient (Wildman–Crippen LogP) is 7.53. The number of benzene rings is 1. The lowest BCUT2D eigenvalue weighted by Gasteiger charge is -2.21. The van der Waals surface area contributed by atoms with E-state index in [1.807, 2.05) is 24.0 Å². The van der Waals surface area contributed by atoms with E-state index in [1.54, 1.807) is 11.8 Å². The Morgan fingerprint density at radius 3 is 2.56 bits per heavy atom. The first-order valence-electron chi connectivity index (χ1n) is 9.21. The largest absolute Gasteiger partial charge is 0.250 e. The Kier molecular flexibility index (Phi) is 6.61. The molecule has 4 heteroatoms. The maximum Gasteiger partial charge on any atom is 0.105 e. The van der Waals surface area contributed by atoms with E-state index in [2.05, 4.69) is 69.3 Å². The molecule has 1 aromatic heterocycles. The average molecular weight is 395 g/mol. The van der Waals surface area contributed by atoms with Gasteiger partial charge in [-0.2, -0.15) is 0 Å². The minimum absolute atomic E-state index is 1.02. The van der Waals surface area contributed by atoms with E-state index in [0.29, 0.717) is 0 Å². The van der Waals surface area contributed by atoms with Gasteiger partial charge >= 0.3 is 0 Å². The number of aliphatic imine (C=N–C) groups is 1. The highest BCUT2D eigenvalue weighted by atomic mass is 32.2. The molecule has 1 aliphatic rings. The van der Waals surface area contributed by atoms with Gasteiger partial charge in [0.25, 0.3) is 0 Å². The number of rotatable bonds is 3. The van der Waals surface area contributed by atoms with Gasteiger partial charge in [-0.05, 0) is 92.7 Å². The van der Waals surface area contributed by atoms with Crippen LogP contribution in [-0.2, 0) is 0 Å². The Morgan fingerprint density at radius 2 is 1.85 bits per heavy atom. The third-order valence-electron chi connectivity index (χ3n) is 4.46. The molecule has 1 saturated heterocycles. The van der Waals surface area contributed by atoms with Crippen LogP contribution in [-0.4, -0.2) is 10.0 Å². The van der Waals surface area contributed by atoms with E-state index >= 15 is 0 Å². The minimum Gasteiger partial charge on any atom is -0.250 e. The Hall–Kier alpha value is -1.78. The van der Waals surface area contributed by atoms with Crippen LogP contribution < -0.4 is 0 Å². The molecule has 0 radical (unpaired) electrons. The van der Waals surface area contributed by atoms with E-state index in [0.717, 1.165) is 28.6 Å². The van der Waals surface area contributed by atoms with Crippen molar-refractivity contribution >= 4 is 34.3 Å². The summed E-state index contributed by atoms with van der Waals surface area (Å²) in [6.07, 6.45) is 3.99. The van der Waals surface area contributed by atoms with Gasteiger partial charge in [0.2, 0.25) is 0 Å². The van der Waals surface area contributed by atoms with Crippen LogP contribution in [0.25, 0.3) is 0 Å². The van der Waals surface area contributed by atoms with Crippen LogP contribution >= 0.6 is 23.5 Å². The number of aromatic nitrogens is 1. The zero-order chi connectivity index (χ0) is 19.4. The number of pyridine rings is 1. The molecule has 0 bridgehead atoms. The fourth-order valence-corrected chi connectivity index (χ4v) is 4.91. The minimum atomic E-state index is 1.02. The van der Waals surface area contributed by atoms with Crippen molar-refractivity contribution in [1.29, 1.82) is 0 Å². The van der Waals surface area contributed by atoms with Gasteiger partial charge in [-0.15, -0.1) is 0 Å². The highest BCUT2D eigenvalue weighted by molar-refractivity contribution is 8.17. The lowest BCUT2D eigenvalue weighted by molar-refractivity contribution is 0.988. The summed E-state index contributed by atoms with van der Waals surface area (Å²) < 4.78 is 0. The first-order chi connectivity index (χ1) is 12.9. The van der Waals surface area contributed by atoms with E-state index in [9.17, 15) is 0 Å². The summed E-state index contributed by atoms with van der Waals surface area (Å²) >= 11 is 3.51. The molecule has 2 nitrogen and oxygen atoms in total. The van der Waals surface area contributed by atoms with Crippen molar-refractivity contribution in [2.24, 2.45) is 4.99 Å². The number of hydrogen-bond donors (Lipinski definition) is 0. The zero-order valence-corrected chi connectivity index (χ0v) is 18.3. The highest BCUT2D eigenvalue weighted by Gasteiger charge is 2.19. The molecule has 0 unspecified atom stereocenters. The average Bonchev–Trinajstić information content (AvgIpc) is 2.63. The van der Waals surface area contributed by atoms with Gasteiger partial charge in [0.15, 0.2) is 0 Å². The first-order valence-corrected chi connectivity index (χ1v) is 10.9. The molecule has 0 saturated carbocycles. The second-order valence-corrected chi connectivity index (χ2v) is 9.14. The van der Waals surface area contributed by atoms with Crippen molar-refractivity contribution in [2.75, 3.05) is 0 Å². The summed E-state index contributed by atoms with van der Waals surface area (Å²) in [6, 6.07) is 10.6. The standard InChI is InChI=1S/C23H26N2S2/c1-15(2)21-9-7-19(14-26-22-13-17(4)10-11-24-22)23(27-21)25-20-8-6-16(3)12-18(20)5/h6,8,10-14H,7,9H2,1-5H3/b19-14+,25-23-. The highest BCUT2D eigenvalue weighted by Crippen LogP contribution is 2.39. The van der Waals surface area contributed by atoms with Crippen molar-refractivity contribution in [3.63, 3.8) is 0 Å². The predicted molar refractivity (Wildman–Crippen MR) is 121 cm³/mol. The molecule has 3 rings (SSSR count). The van der Waals surface area contributed by atoms with Crippen LogP contribution in [0.3, 0.4) is 0 Å². The molecule has 0 amide bonds. The van der Waals surface area contributed by atoms with E-state index in [1.165, 1.54) is 32.7 Å². The summed E-state index contributed by atoms with van der Waals surface area (Å²) in [5, 5.41) is 4.38. The topological polar surface area (TPSA) is 25.2 Å². The van der Waals surface area contributed by atoms with Gasteiger partial charge in [0, 0.05) is 6.20 Å². The third kappa shape index (κ3) is 5.36. The maximum absolute atomic E-state index is 5.05. The molecular weight excluding hydrogens is 368 g/mol. The van der Waals surface area contributed by atoms with Gasteiger partial charge < -0.3 is 0 Å². The van der Waals surface area contributed by atoms with Crippen LogP contribution in [0.4, 0.5) is 5.69 Å². The Morgan fingerprint density at radius 1 is 1.07 bits per heavy atom. The van der Waals surface area contributed by atoms with E-state index < -0.39 is 0 Å². The quantitative estimate of drug-likeness (QED) is 0.503. The molecule has 1 aliphatic heterocycles. The van der Waals surface area contributed by atoms with Gasteiger partial charge in [-0.25, -0.2) is 9.98 Å². The summed E-state index contributed by atoms with van der Waals surface area (Å²) in [5.41, 5.74) is 7.48. The Labute approximate surface area is 171 Å². The fourth-order valence-electron chi connectivity index (χ4n) is 2.89. The number of aryl methyl sites for hydroxylation is 3. The van der Waals surface area contributed by atoms with Crippen molar-refractivity contribution in [2.45, 2.75) is 52.5 Å². The lowest BCUT2D eigenvalue weighted by Crippen LogP contribution is -2.06. The van der Waals surface area contributed by atoms with Gasteiger partial charge in [-0.3, -0.25) is 0 Å². The monoisotopic (exact) mass is 394 g/mol. The van der Waals surface area contributed by atoms with E-state index in [-0.39, 0.29) is 0 Å². The maximum atomic E-state index is 5.05. The number of nitrogens with zero attached hydrogens (tertiary/aromatic N) is 2. The molecule has 1 aromatic carbocycles. The molecule has 0 spiro atoms. The SMILES string of the molecule is CC(C)=C1CCC(=C\Sc2cc(C)ccn2)/C(=N/c2ccc(C)cc2C)S1. The molecule has 1 fully saturated rings. The van der Waals surface area contributed by atoms with Crippen molar-refractivity contribution < 1.29 is 0 Å². The van der Waals surface area contributed by atoms with Crippen molar-refractivity contribution in [1.82, 2.24) is 4.98 Å². The van der Waals surface area contributed by atoms with Crippen molar-refractivity contribution in [3.05, 3.63) is 74.7 Å². The molecule has 2 heterocycles. The van der Waals surface area contributed by atoms with Crippen LogP contribution in [0.1, 0.15) is 43.4 Å². The second-order valence-electron chi connectivity index (χ2n) is 7.16. The van der Waals surface area contributed by atoms with Crippen LogP contribution in [0, 0.1) is 20.8 Å². The Bertz CT molecular complexity index is 935. The molecule has 27 heavy (non-hydrogen) atoms. The molecule has 0 aliphatic carbocycles. The molecule has 0 N–H and O–H groups in total. The number of thioether (sulfide) groups is 2.